The second kappa shape index (κ2) is 5.56. The van der Waals surface area contributed by atoms with Crippen LogP contribution in [0.1, 0.15) is 23.7 Å². The van der Waals surface area contributed by atoms with Gasteiger partial charge in [-0.3, -0.25) is 0 Å². The van der Waals surface area contributed by atoms with Gasteiger partial charge in [-0.1, -0.05) is 12.1 Å². The van der Waals surface area contributed by atoms with Gasteiger partial charge in [-0.25, -0.2) is 0 Å². The van der Waals surface area contributed by atoms with Crippen molar-refractivity contribution in [2.45, 2.75) is 18.9 Å². The Labute approximate surface area is 123 Å². The molecule has 2 aromatic rings. The lowest BCUT2D eigenvalue weighted by Gasteiger charge is -2.27. The molecule has 1 aliphatic heterocycles. The molecule has 0 fully saturated rings. The molecule has 0 aromatic heterocycles. The van der Waals surface area contributed by atoms with Crippen LogP contribution in [0, 0.1) is 0 Å². The lowest BCUT2D eigenvalue weighted by Crippen LogP contribution is -2.15. The summed E-state index contributed by atoms with van der Waals surface area (Å²) in [6.07, 6.45) is 1.81. The zero-order valence-corrected chi connectivity index (χ0v) is 12.1. The van der Waals surface area contributed by atoms with Gasteiger partial charge < -0.3 is 19.3 Å². The zero-order chi connectivity index (χ0) is 14.8. The summed E-state index contributed by atoms with van der Waals surface area (Å²) < 4.78 is 16.5. The van der Waals surface area contributed by atoms with E-state index in [0.29, 0.717) is 5.75 Å². The molecule has 1 atom stereocenters. The molecule has 1 N–H and O–H groups in total. The highest BCUT2D eigenvalue weighted by molar-refractivity contribution is 5.45. The van der Waals surface area contributed by atoms with E-state index in [0.717, 1.165) is 29.9 Å². The molecule has 1 aliphatic rings. The molecule has 0 aliphatic carbocycles. The van der Waals surface area contributed by atoms with Gasteiger partial charge in [-0.2, -0.15) is 0 Å². The number of hydrogen-bond donors (Lipinski definition) is 1. The van der Waals surface area contributed by atoms with Crippen LogP contribution >= 0.6 is 0 Å². The van der Waals surface area contributed by atoms with Gasteiger partial charge in [0.15, 0.2) is 11.5 Å². The number of ether oxygens (including phenoxy) is 3. The lowest BCUT2D eigenvalue weighted by atomic mass is 9.97. The van der Waals surface area contributed by atoms with Crippen molar-refractivity contribution in [1.82, 2.24) is 0 Å². The van der Waals surface area contributed by atoms with Crippen LogP contribution in [0.2, 0.25) is 0 Å². The SMILES string of the molecule is COc1ccc2c(c1)O[C@H](c1ccc(O)c(OC)c1)CC2. The Kier molecular flexibility index (Phi) is 3.60. The Hall–Kier alpha value is -2.36. The monoisotopic (exact) mass is 286 g/mol. The van der Waals surface area contributed by atoms with Crippen LogP contribution < -0.4 is 14.2 Å². The fourth-order valence-electron chi connectivity index (χ4n) is 2.61. The minimum absolute atomic E-state index is 0.0425. The average Bonchev–Trinajstić information content (AvgIpc) is 2.54. The molecule has 0 saturated carbocycles. The van der Waals surface area contributed by atoms with Crippen molar-refractivity contribution in [3.05, 3.63) is 47.5 Å². The second-order valence-corrected chi connectivity index (χ2v) is 5.05. The first-order chi connectivity index (χ1) is 10.2. The first-order valence-corrected chi connectivity index (χ1v) is 6.91. The average molecular weight is 286 g/mol. The van der Waals surface area contributed by atoms with E-state index < -0.39 is 0 Å². The highest BCUT2D eigenvalue weighted by Gasteiger charge is 2.22. The van der Waals surface area contributed by atoms with Crippen molar-refractivity contribution >= 4 is 0 Å². The van der Waals surface area contributed by atoms with Crippen molar-refractivity contribution in [3.63, 3.8) is 0 Å². The van der Waals surface area contributed by atoms with Gasteiger partial charge in [-0.15, -0.1) is 0 Å². The summed E-state index contributed by atoms with van der Waals surface area (Å²) in [5.41, 5.74) is 2.19. The molecule has 0 radical (unpaired) electrons. The molecule has 1 heterocycles. The minimum atomic E-state index is -0.0425. The summed E-state index contributed by atoms with van der Waals surface area (Å²) in [4.78, 5) is 0. The Balaban J connectivity index is 1.88. The fourth-order valence-corrected chi connectivity index (χ4v) is 2.61. The third-order valence-electron chi connectivity index (χ3n) is 3.79. The minimum Gasteiger partial charge on any atom is -0.504 e. The number of aryl methyl sites for hydroxylation is 1. The maximum atomic E-state index is 9.68. The summed E-state index contributed by atoms with van der Waals surface area (Å²) in [6.45, 7) is 0. The van der Waals surface area contributed by atoms with E-state index in [4.69, 9.17) is 14.2 Å². The van der Waals surface area contributed by atoms with Gasteiger partial charge in [0.05, 0.1) is 14.2 Å². The molecule has 0 spiro atoms. The van der Waals surface area contributed by atoms with Gasteiger partial charge in [0.1, 0.15) is 17.6 Å². The van der Waals surface area contributed by atoms with E-state index in [2.05, 4.69) is 0 Å². The molecule has 21 heavy (non-hydrogen) atoms. The smallest absolute Gasteiger partial charge is 0.160 e. The number of methoxy groups -OCH3 is 2. The van der Waals surface area contributed by atoms with Crippen LogP contribution in [0.3, 0.4) is 0 Å². The number of phenols is 1. The van der Waals surface area contributed by atoms with Crippen LogP contribution in [0.15, 0.2) is 36.4 Å². The molecular formula is C17H18O4. The Morgan fingerprint density at radius 3 is 2.71 bits per heavy atom. The molecular weight excluding hydrogens is 268 g/mol. The number of phenolic OH excluding ortho intramolecular Hbond substituents is 1. The number of rotatable bonds is 3. The summed E-state index contributed by atoms with van der Waals surface area (Å²) in [7, 11) is 3.19. The predicted octanol–water partition coefficient (Wildman–Crippen LogP) is 3.48. The largest absolute Gasteiger partial charge is 0.504 e. The van der Waals surface area contributed by atoms with Gasteiger partial charge in [-0.05, 0) is 42.2 Å². The Morgan fingerprint density at radius 2 is 1.95 bits per heavy atom. The van der Waals surface area contributed by atoms with Gasteiger partial charge in [0.25, 0.3) is 0 Å². The number of aromatic hydroxyl groups is 1. The van der Waals surface area contributed by atoms with Gasteiger partial charge in [0, 0.05) is 6.07 Å². The van der Waals surface area contributed by atoms with E-state index in [-0.39, 0.29) is 11.9 Å². The first-order valence-electron chi connectivity index (χ1n) is 6.91. The van der Waals surface area contributed by atoms with E-state index in [9.17, 15) is 5.11 Å². The summed E-state index contributed by atoms with van der Waals surface area (Å²) in [6, 6.07) is 11.2. The molecule has 0 bridgehead atoms. The maximum absolute atomic E-state index is 9.68. The molecule has 4 heteroatoms. The predicted molar refractivity (Wildman–Crippen MR) is 79.3 cm³/mol. The fraction of sp³-hybridized carbons (Fsp3) is 0.294. The van der Waals surface area contributed by atoms with Crippen LogP contribution in [0.25, 0.3) is 0 Å². The van der Waals surface area contributed by atoms with E-state index in [1.807, 2.05) is 30.3 Å². The number of benzene rings is 2. The van der Waals surface area contributed by atoms with Crippen molar-refractivity contribution in [2.75, 3.05) is 14.2 Å². The van der Waals surface area contributed by atoms with Crippen LogP contribution in [0.5, 0.6) is 23.0 Å². The van der Waals surface area contributed by atoms with Crippen LogP contribution in [0.4, 0.5) is 0 Å². The summed E-state index contributed by atoms with van der Waals surface area (Å²) in [5, 5.41) is 9.68. The quantitative estimate of drug-likeness (QED) is 0.938. The number of hydrogen-bond acceptors (Lipinski definition) is 4. The van der Waals surface area contributed by atoms with E-state index in [1.54, 1.807) is 20.3 Å². The molecule has 3 rings (SSSR count). The summed E-state index contributed by atoms with van der Waals surface area (Å²) >= 11 is 0. The normalized spacial score (nSPS) is 16.8. The molecule has 2 aromatic carbocycles. The highest BCUT2D eigenvalue weighted by atomic mass is 16.5. The topological polar surface area (TPSA) is 47.9 Å². The van der Waals surface area contributed by atoms with Crippen molar-refractivity contribution in [1.29, 1.82) is 0 Å². The second-order valence-electron chi connectivity index (χ2n) is 5.05. The Morgan fingerprint density at radius 1 is 1.10 bits per heavy atom. The Bertz CT molecular complexity index is 651. The van der Waals surface area contributed by atoms with Crippen LogP contribution in [-0.4, -0.2) is 19.3 Å². The highest BCUT2D eigenvalue weighted by Crippen LogP contribution is 2.39. The maximum Gasteiger partial charge on any atom is 0.160 e. The molecule has 0 unspecified atom stereocenters. The van der Waals surface area contributed by atoms with E-state index >= 15 is 0 Å². The standard InChI is InChI=1S/C17H18O4/c1-19-13-6-3-11-5-8-15(21-16(11)10-13)12-4-7-14(18)17(9-12)20-2/h3-4,6-7,9-10,15,18H,5,8H2,1-2H3/t15-/m0/s1. The third kappa shape index (κ3) is 2.61. The van der Waals surface area contributed by atoms with Crippen molar-refractivity contribution < 1.29 is 19.3 Å². The molecule has 110 valence electrons. The molecule has 0 saturated heterocycles. The van der Waals surface area contributed by atoms with Crippen molar-refractivity contribution in [2.24, 2.45) is 0 Å². The first kappa shape index (κ1) is 13.6. The van der Waals surface area contributed by atoms with Crippen molar-refractivity contribution in [3.8, 4) is 23.0 Å². The molecule has 0 amide bonds. The lowest BCUT2D eigenvalue weighted by molar-refractivity contribution is 0.175. The third-order valence-corrected chi connectivity index (χ3v) is 3.79. The van der Waals surface area contributed by atoms with Crippen LogP contribution in [-0.2, 0) is 6.42 Å². The van der Waals surface area contributed by atoms with Gasteiger partial charge >= 0.3 is 0 Å². The van der Waals surface area contributed by atoms with E-state index in [1.165, 1.54) is 5.56 Å². The number of fused-ring (bicyclic) bond motifs is 1. The molecule has 4 nitrogen and oxygen atoms in total. The van der Waals surface area contributed by atoms with Gasteiger partial charge in [0.2, 0.25) is 0 Å². The zero-order valence-electron chi connectivity index (χ0n) is 12.1. The summed E-state index contributed by atoms with van der Waals surface area (Å²) in [5.74, 6) is 2.25.